The topological polar surface area (TPSA) is 17.1 Å². The zero-order valence-electron chi connectivity index (χ0n) is 7.00. The number of halogens is 1. The zero-order chi connectivity index (χ0) is 9.42. The van der Waals surface area contributed by atoms with Gasteiger partial charge in [0.2, 0.25) is 0 Å². The molecule has 3 heteroatoms. The molecule has 0 unspecified atom stereocenters. The standard InChI is InChI=1S/C10H7ClOS/c1-6-4-7(5-12)8-2-3-13-10(8)9(6)11/h2-5H,1H3. The highest BCUT2D eigenvalue weighted by Gasteiger charge is 2.08. The van der Waals surface area contributed by atoms with Gasteiger partial charge >= 0.3 is 0 Å². The number of carbonyl (C=O) groups is 1. The molecule has 2 rings (SSSR count). The normalized spacial score (nSPS) is 10.6. The predicted molar refractivity (Wildman–Crippen MR) is 57.0 cm³/mol. The van der Waals surface area contributed by atoms with Gasteiger partial charge in [0.25, 0.3) is 0 Å². The minimum Gasteiger partial charge on any atom is -0.298 e. The van der Waals surface area contributed by atoms with E-state index in [9.17, 15) is 4.79 Å². The molecule has 0 fully saturated rings. The Hall–Kier alpha value is -0.860. The van der Waals surface area contributed by atoms with Crippen LogP contribution in [0.5, 0.6) is 0 Å². The molecule has 0 saturated carbocycles. The molecule has 1 heterocycles. The second-order valence-electron chi connectivity index (χ2n) is 2.88. The molecule has 0 radical (unpaired) electrons. The van der Waals surface area contributed by atoms with E-state index in [1.807, 2.05) is 24.4 Å². The lowest BCUT2D eigenvalue weighted by Crippen LogP contribution is -1.84. The van der Waals surface area contributed by atoms with Crippen molar-refractivity contribution in [3.8, 4) is 0 Å². The first-order valence-electron chi connectivity index (χ1n) is 3.85. The van der Waals surface area contributed by atoms with E-state index >= 15 is 0 Å². The molecule has 0 saturated heterocycles. The molecule has 0 aliphatic rings. The monoisotopic (exact) mass is 210 g/mol. The molecule has 0 amide bonds. The second-order valence-corrected chi connectivity index (χ2v) is 4.17. The van der Waals surface area contributed by atoms with Crippen molar-refractivity contribution in [2.75, 3.05) is 0 Å². The van der Waals surface area contributed by atoms with E-state index in [1.54, 1.807) is 11.3 Å². The summed E-state index contributed by atoms with van der Waals surface area (Å²) in [6.45, 7) is 1.91. The predicted octanol–water partition coefficient (Wildman–Crippen LogP) is 3.68. The first-order chi connectivity index (χ1) is 6.24. The fourth-order valence-corrected chi connectivity index (χ4v) is 2.57. The Kier molecular flexibility index (Phi) is 2.10. The van der Waals surface area contributed by atoms with Crippen LogP contribution in [0.3, 0.4) is 0 Å². The Bertz CT molecular complexity index is 473. The maximum absolute atomic E-state index is 10.7. The van der Waals surface area contributed by atoms with Gasteiger partial charge in [0, 0.05) is 10.9 Å². The first-order valence-corrected chi connectivity index (χ1v) is 5.11. The summed E-state index contributed by atoms with van der Waals surface area (Å²) in [5, 5.41) is 3.66. The number of rotatable bonds is 1. The number of carbonyl (C=O) groups excluding carboxylic acids is 1. The fourth-order valence-electron chi connectivity index (χ4n) is 1.36. The van der Waals surface area contributed by atoms with Crippen molar-refractivity contribution in [1.29, 1.82) is 0 Å². The molecule has 0 N–H and O–H groups in total. The molecular formula is C10H7ClOS. The minimum atomic E-state index is 0.721. The van der Waals surface area contributed by atoms with Gasteiger partial charge in [-0.3, -0.25) is 4.79 Å². The van der Waals surface area contributed by atoms with Crippen molar-refractivity contribution in [3.63, 3.8) is 0 Å². The van der Waals surface area contributed by atoms with E-state index in [1.165, 1.54) is 0 Å². The molecule has 0 bridgehead atoms. The summed E-state index contributed by atoms with van der Waals surface area (Å²) in [5.74, 6) is 0. The van der Waals surface area contributed by atoms with Crippen LogP contribution in [0.2, 0.25) is 5.02 Å². The summed E-state index contributed by atoms with van der Waals surface area (Å²) in [4.78, 5) is 10.7. The van der Waals surface area contributed by atoms with Crippen LogP contribution >= 0.6 is 22.9 Å². The highest BCUT2D eigenvalue weighted by molar-refractivity contribution is 7.18. The fraction of sp³-hybridized carbons (Fsp3) is 0.100. The van der Waals surface area contributed by atoms with Crippen LogP contribution in [0.4, 0.5) is 0 Å². The van der Waals surface area contributed by atoms with E-state index in [0.29, 0.717) is 0 Å². The number of hydrogen-bond donors (Lipinski definition) is 0. The van der Waals surface area contributed by atoms with Crippen LogP contribution in [0.1, 0.15) is 15.9 Å². The second kappa shape index (κ2) is 3.13. The van der Waals surface area contributed by atoms with Crippen LogP contribution in [0.15, 0.2) is 17.5 Å². The molecule has 0 aliphatic heterocycles. The van der Waals surface area contributed by atoms with Gasteiger partial charge in [0.05, 0.1) is 9.72 Å². The number of aldehydes is 1. The van der Waals surface area contributed by atoms with Crippen LogP contribution in [-0.4, -0.2) is 6.29 Å². The van der Waals surface area contributed by atoms with Crippen molar-refractivity contribution in [1.82, 2.24) is 0 Å². The number of fused-ring (bicyclic) bond motifs is 1. The lowest BCUT2D eigenvalue weighted by atomic mass is 10.1. The molecule has 1 aromatic heterocycles. The Balaban J connectivity index is 2.95. The summed E-state index contributed by atoms with van der Waals surface area (Å²) in [6, 6.07) is 3.75. The third-order valence-electron chi connectivity index (χ3n) is 2.02. The Morgan fingerprint density at radius 1 is 1.54 bits per heavy atom. The van der Waals surface area contributed by atoms with Gasteiger partial charge in [0.15, 0.2) is 6.29 Å². The van der Waals surface area contributed by atoms with Gasteiger partial charge in [-0.2, -0.15) is 0 Å². The van der Waals surface area contributed by atoms with Crippen molar-refractivity contribution in [2.45, 2.75) is 6.92 Å². The van der Waals surface area contributed by atoms with Gasteiger partial charge in [0.1, 0.15) is 0 Å². The van der Waals surface area contributed by atoms with Crippen molar-refractivity contribution >= 4 is 39.3 Å². The third-order valence-corrected chi connectivity index (χ3v) is 3.55. The molecule has 0 aliphatic carbocycles. The first kappa shape index (κ1) is 8.73. The average molecular weight is 211 g/mol. The summed E-state index contributed by atoms with van der Waals surface area (Å²) >= 11 is 7.66. The van der Waals surface area contributed by atoms with Gasteiger partial charge in [-0.05, 0) is 30.0 Å². The number of benzene rings is 1. The lowest BCUT2D eigenvalue weighted by Gasteiger charge is -2.01. The number of thiophene rings is 1. The van der Waals surface area contributed by atoms with Crippen LogP contribution in [-0.2, 0) is 0 Å². The Morgan fingerprint density at radius 3 is 3.00 bits per heavy atom. The summed E-state index contributed by atoms with van der Waals surface area (Å²) in [5.41, 5.74) is 1.68. The van der Waals surface area contributed by atoms with Crippen molar-refractivity contribution in [3.05, 3.63) is 33.7 Å². The van der Waals surface area contributed by atoms with E-state index < -0.39 is 0 Å². The van der Waals surface area contributed by atoms with Gasteiger partial charge in [-0.15, -0.1) is 11.3 Å². The van der Waals surface area contributed by atoms with Gasteiger partial charge < -0.3 is 0 Å². The Labute approximate surface area is 84.9 Å². The van der Waals surface area contributed by atoms with Gasteiger partial charge in [-0.1, -0.05) is 11.6 Å². The zero-order valence-corrected chi connectivity index (χ0v) is 8.58. The molecular weight excluding hydrogens is 204 g/mol. The number of hydrogen-bond acceptors (Lipinski definition) is 2. The largest absolute Gasteiger partial charge is 0.298 e. The number of aryl methyl sites for hydroxylation is 1. The molecule has 0 spiro atoms. The average Bonchev–Trinajstić information content (AvgIpc) is 2.60. The quantitative estimate of drug-likeness (QED) is 0.657. The highest BCUT2D eigenvalue weighted by Crippen LogP contribution is 2.33. The van der Waals surface area contributed by atoms with E-state index in [-0.39, 0.29) is 0 Å². The Morgan fingerprint density at radius 2 is 2.31 bits per heavy atom. The third kappa shape index (κ3) is 1.26. The molecule has 2 aromatic rings. The molecule has 13 heavy (non-hydrogen) atoms. The van der Waals surface area contributed by atoms with Gasteiger partial charge in [-0.25, -0.2) is 0 Å². The van der Waals surface area contributed by atoms with Crippen molar-refractivity contribution in [2.24, 2.45) is 0 Å². The van der Waals surface area contributed by atoms with E-state index in [2.05, 4.69) is 0 Å². The summed E-state index contributed by atoms with van der Waals surface area (Å²) in [6.07, 6.45) is 0.873. The van der Waals surface area contributed by atoms with Crippen LogP contribution in [0, 0.1) is 6.92 Å². The van der Waals surface area contributed by atoms with Crippen molar-refractivity contribution < 1.29 is 4.79 Å². The lowest BCUT2D eigenvalue weighted by molar-refractivity contribution is 0.112. The molecule has 1 nitrogen and oxygen atoms in total. The smallest absolute Gasteiger partial charge is 0.150 e. The van der Waals surface area contributed by atoms with E-state index in [4.69, 9.17) is 11.6 Å². The van der Waals surface area contributed by atoms with Crippen LogP contribution < -0.4 is 0 Å². The maximum atomic E-state index is 10.7. The molecule has 0 atom stereocenters. The molecule has 66 valence electrons. The summed E-state index contributed by atoms with van der Waals surface area (Å²) in [7, 11) is 0. The highest BCUT2D eigenvalue weighted by atomic mass is 35.5. The maximum Gasteiger partial charge on any atom is 0.150 e. The SMILES string of the molecule is Cc1cc(C=O)c2ccsc2c1Cl. The molecule has 1 aromatic carbocycles. The summed E-state index contributed by atoms with van der Waals surface area (Å²) < 4.78 is 1.00. The van der Waals surface area contributed by atoms with Crippen LogP contribution in [0.25, 0.3) is 10.1 Å². The minimum absolute atomic E-state index is 0.721. The van der Waals surface area contributed by atoms with E-state index in [0.717, 1.165) is 32.5 Å².